The number of amides is 2. The molecule has 0 saturated carbocycles. The summed E-state index contributed by atoms with van der Waals surface area (Å²) in [6.45, 7) is 3.12. The van der Waals surface area contributed by atoms with Crippen LogP contribution in [-0.2, 0) is 11.2 Å². The van der Waals surface area contributed by atoms with Gasteiger partial charge in [-0.05, 0) is 37.6 Å². The average Bonchev–Trinajstić information content (AvgIpc) is 2.44. The summed E-state index contributed by atoms with van der Waals surface area (Å²) in [7, 11) is 1.70. The Kier molecular flexibility index (Phi) is 6.02. The molecular weight excluding hydrogens is 242 g/mol. The van der Waals surface area contributed by atoms with E-state index in [1.165, 1.54) is 0 Å². The molecule has 3 N–H and O–H groups in total. The smallest absolute Gasteiger partial charge is 0.251 e. The number of nitrogens with zero attached hydrogens (tertiary/aromatic N) is 1. The van der Waals surface area contributed by atoms with Gasteiger partial charge in [-0.3, -0.25) is 9.59 Å². The third-order valence-corrected chi connectivity index (χ3v) is 2.95. The minimum Gasteiger partial charge on any atom is -0.345 e. The van der Waals surface area contributed by atoms with Crippen molar-refractivity contribution in [3.8, 4) is 0 Å². The van der Waals surface area contributed by atoms with Gasteiger partial charge in [-0.25, -0.2) is 0 Å². The molecule has 0 saturated heterocycles. The summed E-state index contributed by atoms with van der Waals surface area (Å²) in [4.78, 5) is 24.9. The molecule has 0 aromatic heterocycles. The van der Waals surface area contributed by atoms with Crippen molar-refractivity contribution in [2.45, 2.75) is 13.3 Å². The quantitative estimate of drug-likeness (QED) is 0.780. The van der Waals surface area contributed by atoms with Crippen LogP contribution in [0.5, 0.6) is 0 Å². The SMILES string of the molecule is CCN(C)C(=O)CNC(=O)c1ccc(CCN)cc1. The lowest BCUT2D eigenvalue weighted by Gasteiger charge is -2.14. The van der Waals surface area contributed by atoms with Crippen LogP contribution in [0.15, 0.2) is 24.3 Å². The van der Waals surface area contributed by atoms with Crippen LogP contribution in [0.2, 0.25) is 0 Å². The second-order valence-corrected chi connectivity index (χ2v) is 4.33. The molecule has 0 aliphatic carbocycles. The van der Waals surface area contributed by atoms with E-state index in [0.29, 0.717) is 18.7 Å². The monoisotopic (exact) mass is 263 g/mol. The summed E-state index contributed by atoms with van der Waals surface area (Å²) in [5, 5.41) is 2.61. The van der Waals surface area contributed by atoms with Gasteiger partial charge in [-0.15, -0.1) is 0 Å². The molecule has 1 aromatic rings. The number of carbonyl (C=O) groups excluding carboxylic acids is 2. The van der Waals surface area contributed by atoms with Crippen molar-refractivity contribution in [3.05, 3.63) is 35.4 Å². The van der Waals surface area contributed by atoms with Gasteiger partial charge in [0.2, 0.25) is 5.91 Å². The first-order valence-corrected chi connectivity index (χ1v) is 6.39. The highest BCUT2D eigenvalue weighted by Crippen LogP contribution is 2.04. The first kappa shape index (κ1) is 15.2. The lowest BCUT2D eigenvalue weighted by Crippen LogP contribution is -2.37. The Morgan fingerprint density at radius 3 is 2.42 bits per heavy atom. The van der Waals surface area contributed by atoms with Crippen molar-refractivity contribution in [2.75, 3.05) is 26.7 Å². The second-order valence-electron chi connectivity index (χ2n) is 4.33. The van der Waals surface area contributed by atoms with Gasteiger partial charge in [0.25, 0.3) is 5.91 Å². The van der Waals surface area contributed by atoms with E-state index >= 15 is 0 Å². The minimum absolute atomic E-state index is 0.0216. The van der Waals surface area contributed by atoms with E-state index in [1.807, 2.05) is 19.1 Å². The van der Waals surface area contributed by atoms with Crippen LogP contribution < -0.4 is 11.1 Å². The van der Waals surface area contributed by atoms with Crippen molar-refractivity contribution in [1.82, 2.24) is 10.2 Å². The van der Waals surface area contributed by atoms with Gasteiger partial charge in [0.15, 0.2) is 0 Å². The molecular formula is C14H21N3O2. The first-order valence-electron chi connectivity index (χ1n) is 6.39. The molecule has 2 amide bonds. The standard InChI is InChI=1S/C14H21N3O2/c1-3-17(2)13(18)10-16-14(19)12-6-4-11(5-7-12)8-9-15/h4-7H,3,8-10,15H2,1-2H3,(H,16,19). The maximum absolute atomic E-state index is 11.8. The fraction of sp³-hybridized carbons (Fsp3) is 0.429. The first-order chi connectivity index (χ1) is 9.08. The van der Waals surface area contributed by atoms with Crippen molar-refractivity contribution in [3.63, 3.8) is 0 Å². The normalized spacial score (nSPS) is 10.1. The Balaban J connectivity index is 2.51. The molecule has 0 bridgehead atoms. The van der Waals surface area contributed by atoms with Gasteiger partial charge in [0.05, 0.1) is 6.54 Å². The molecule has 5 heteroatoms. The Morgan fingerprint density at radius 2 is 1.89 bits per heavy atom. The largest absolute Gasteiger partial charge is 0.345 e. The average molecular weight is 263 g/mol. The van der Waals surface area contributed by atoms with Gasteiger partial charge < -0.3 is 16.0 Å². The van der Waals surface area contributed by atoms with E-state index in [-0.39, 0.29) is 18.4 Å². The topological polar surface area (TPSA) is 75.4 Å². The van der Waals surface area contributed by atoms with Gasteiger partial charge in [-0.2, -0.15) is 0 Å². The molecule has 0 aliphatic rings. The minimum atomic E-state index is -0.239. The van der Waals surface area contributed by atoms with E-state index in [4.69, 9.17) is 5.73 Å². The summed E-state index contributed by atoms with van der Waals surface area (Å²) in [6.07, 6.45) is 0.793. The maximum Gasteiger partial charge on any atom is 0.251 e. The molecule has 0 heterocycles. The van der Waals surface area contributed by atoms with Crippen LogP contribution in [0.25, 0.3) is 0 Å². The molecule has 1 rings (SSSR count). The van der Waals surface area contributed by atoms with Crippen LogP contribution in [0.1, 0.15) is 22.8 Å². The molecule has 0 aliphatic heterocycles. The summed E-state index contributed by atoms with van der Waals surface area (Å²) in [5.74, 6) is -0.340. The van der Waals surface area contributed by atoms with Crippen LogP contribution >= 0.6 is 0 Å². The highest BCUT2D eigenvalue weighted by molar-refractivity contribution is 5.96. The van der Waals surface area contributed by atoms with Crippen molar-refractivity contribution >= 4 is 11.8 Å². The van der Waals surface area contributed by atoms with E-state index in [1.54, 1.807) is 24.1 Å². The summed E-state index contributed by atoms with van der Waals surface area (Å²) in [6, 6.07) is 7.24. The molecule has 0 spiro atoms. The van der Waals surface area contributed by atoms with E-state index in [9.17, 15) is 9.59 Å². The Bertz CT molecular complexity index is 429. The van der Waals surface area contributed by atoms with Gasteiger partial charge in [0.1, 0.15) is 0 Å². The van der Waals surface area contributed by atoms with Crippen LogP contribution in [0, 0.1) is 0 Å². The predicted octanol–water partition coefficient (Wildman–Crippen LogP) is 0.396. The number of rotatable bonds is 6. The number of hydrogen-bond acceptors (Lipinski definition) is 3. The number of likely N-dealkylation sites (N-methyl/N-ethyl adjacent to an activating group) is 1. The predicted molar refractivity (Wildman–Crippen MR) is 74.8 cm³/mol. The number of nitrogens with one attached hydrogen (secondary N) is 1. The maximum atomic E-state index is 11.8. The molecule has 5 nitrogen and oxygen atoms in total. The molecule has 0 fully saturated rings. The molecule has 19 heavy (non-hydrogen) atoms. The third-order valence-electron chi connectivity index (χ3n) is 2.95. The molecule has 0 radical (unpaired) electrons. The Labute approximate surface area is 113 Å². The Morgan fingerprint density at radius 1 is 1.26 bits per heavy atom. The van der Waals surface area contributed by atoms with Gasteiger partial charge in [-0.1, -0.05) is 12.1 Å². The van der Waals surface area contributed by atoms with Crippen LogP contribution in [-0.4, -0.2) is 43.4 Å². The third kappa shape index (κ3) is 4.71. The van der Waals surface area contributed by atoms with E-state index in [2.05, 4.69) is 5.32 Å². The number of carbonyl (C=O) groups is 2. The second kappa shape index (κ2) is 7.53. The van der Waals surface area contributed by atoms with Crippen molar-refractivity contribution in [1.29, 1.82) is 0 Å². The highest BCUT2D eigenvalue weighted by Gasteiger charge is 2.10. The van der Waals surface area contributed by atoms with Crippen molar-refractivity contribution < 1.29 is 9.59 Å². The zero-order valence-electron chi connectivity index (χ0n) is 11.5. The van der Waals surface area contributed by atoms with Gasteiger partial charge >= 0.3 is 0 Å². The molecule has 0 unspecified atom stereocenters. The number of benzene rings is 1. The number of nitrogens with two attached hydrogens (primary N) is 1. The zero-order chi connectivity index (χ0) is 14.3. The lowest BCUT2D eigenvalue weighted by molar-refractivity contribution is -0.128. The summed E-state index contributed by atoms with van der Waals surface area (Å²) < 4.78 is 0. The van der Waals surface area contributed by atoms with Crippen molar-refractivity contribution in [2.24, 2.45) is 5.73 Å². The number of hydrogen-bond donors (Lipinski definition) is 2. The zero-order valence-corrected chi connectivity index (χ0v) is 11.5. The molecule has 104 valence electrons. The molecule has 0 atom stereocenters. The van der Waals surface area contributed by atoms with Crippen LogP contribution in [0.3, 0.4) is 0 Å². The fourth-order valence-electron chi connectivity index (χ4n) is 1.56. The van der Waals surface area contributed by atoms with E-state index < -0.39 is 0 Å². The highest BCUT2D eigenvalue weighted by atomic mass is 16.2. The lowest BCUT2D eigenvalue weighted by atomic mass is 10.1. The summed E-state index contributed by atoms with van der Waals surface area (Å²) >= 11 is 0. The van der Waals surface area contributed by atoms with Gasteiger partial charge in [0, 0.05) is 19.2 Å². The summed E-state index contributed by atoms with van der Waals surface area (Å²) in [5.41, 5.74) is 7.11. The Hall–Kier alpha value is -1.88. The molecule has 1 aromatic carbocycles. The van der Waals surface area contributed by atoms with Crippen LogP contribution in [0.4, 0.5) is 0 Å². The fourth-order valence-corrected chi connectivity index (χ4v) is 1.56. The van der Waals surface area contributed by atoms with E-state index in [0.717, 1.165) is 12.0 Å².